The van der Waals surface area contributed by atoms with E-state index in [1.807, 2.05) is 26.0 Å². The third kappa shape index (κ3) is 7.13. The van der Waals surface area contributed by atoms with Crippen molar-refractivity contribution in [2.75, 3.05) is 37.8 Å². The standard InChI is InChI=1S/C25H34ClN3O4/c1-17-10-22(11-18(2)24(17)23(32)12-20(15-30)16-31)33-9-3-4-19-5-7-29(8-6-19)25-27-13-21(26)14-28-25/h10-11,13-14,19-20,30-31H,3-9,12,15-16H2,1-2H3. The van der Waals surface area contributed by atoms with Crippen molar-refractivity contribution >= 4 is 23.3 Å². The second-order valence-electron chi connectivity index (χ2n) is 8.91. The van der Waals surface area contributed by atoms with Gasteiger partial charge in [-0.25, -0.2) is 9.97 Å². The van der Waals surface area contributed by atoms with Gasteiger partial charge in [0.15, 0.2) is 5.78 Å². The van der Waals surface area contributed by atoms with E-state index in [4.69, 9.17) is 16.3 Å². The first-order valence-electron chi connectivity index (χ1n) is 11.6. The molecule has 1 aromatic heterocycles. The first-order chi connectivity index (χ1) is 15.9. The zero-order valence-electron chi connectivity index (χ0n) is 19.5. The van der Waals surface area contributed by atoms with Crippen LogP contribution in [0.3, 0.4) is 0 Å². The largest absolute Gasteiger partial charge is 0.494 e. The molecule has 0 aliphatic carbocycles. The van der Waals surface area contributed by atoms with E-state index < -0.39 is 5.92 Å². The molecule has 3 rings (SSSR count). The molecule has 0 atom stereocenters. The van der Waals surface area contributed by atoms with Gasteiger partial charge in [0, 0.05) is 44.2 Å². The average molecular weight is 476 g/mol. The van der Waals surface area contributed by atoms with Crippen molar-refractivity contribution < 1.29 is 19.7 Å². The molecule has 0 spiro atoms. The van der Waals surface area contributed by atoms with Crippen molar-refractivity contribution in [3.05, 3.63) is 46.2 Å². The van der Waals surface area contributed by atoms with Crippen LogP contribution in [0.2, 0.25) is 5.02 Å². The van der Waals surface area contributed by atoms with Crippen LogP contribution in [0.25, 0.3) is 0 Å². The lowest BCUT2D eigenvalue weighted by Gasteiger charge is -2.32. The van der Waals surface area contributed by atoms with Crippen molar-refractivity contribution in [2.24, 2.45) is 11.8 Å². The van der Waals surface area contributed by atoms with Crippen LogP contribution in [0.5, 0.6) is 5.75 Å². The number of hydrogen-bond donors (Lipinski definition) is 2. The molecule has 0 unspecified atom stereocenters. The minimum absolute atomic E-state index is 0.0556. The number of aliphatic hydroxyl groups is 2. The number of benzene rings is 1. The highest BCUT2D eigenvalue weighted by Gasteiger charge is 2.21. The molecule has 1 fully saturated rings. The van der Waals surface area contributed by atoms with Crippen LogP contribution in [-0.2, 0) is 0 Å². The molecule has 7 nitrogen and oxygen atoms in total. The Morgan fingerprint density at radius 3 is 2.33 bits per heavy atom. The number of carbonyl (C=O) groups excluding carboxylic acids is 1. The van der Waals surface area contributed by atoms with Gasteiger partial charge < -0.3 is 19.8 Å². The Morgan fingerprint density at radius 2 is 1.76 bits per heavy atom. The highest BCUT2D eigenvalue weighted by atomic mass is 35.5. The zero-order chi connectivity index (χ0) is 23.8. The number of Topliss-reactive ketones (excluding diaryl/α,β-unsaturated/α-hetero) is 1. The quantitative estimate of drug-likeness (QED) is 0.374. The molecule has 1 aliphatic rings. The number of anilines is 1. The maximum atomic E-state index is 12.6. The summed E-state index contributed by atoms with van der Waals surface area (Å²) in [5.41, 5.74) is 2.38. The summed E-state index contributed by atoms with van der Waals surface area (Å²) in [5, 5.41) is 19.1. The molecule has 0 bridgehead atoms. The smallest absolute Gasteiger partial charge is 0.225 e. The predicted octanol–water partition coefficient (Wildman–Crippen LogP) is 4.00. The molecule has 1 aliphatic heterocycles. The fourth-order valence-corrected chi connectivity index (χ4v) is 4.55. The van der Waals surface area contributed by atoms with Gasteiger partial charge in [-0.1, -0.05) is 11.6 Å². The molecular formula is C25H34ClN3O4. The fraction of sp³-hybridized carbons (Fsp3) is 0.560. The highest BCUT2D eigenvalue weighted by molar-refractivity contribution is 6.30. The molecular weight excluding hydrogens is 442 g/mol. The normalized spacial score (nSPS) is 14.7. The van der Waals surface area contributed by atoms with E-state index >= 15 is 0 Å². The Balaban J connectivity index is 1.43. The van der Waals surface area contributed by atoms with Gasteiger partial charge in [0.1, 0.15) is 5.75 Å². The monoisotopic (exact) mass is 475 g/mol. The van der Waals surface area contributed by atoms with Gasteiger partial charge in [0.2, 0.25) is 5.95 Å². The number of aryl methyl sites for hydroxylation is 2. The second kappa shape index (κ2) is 12.3. The molecule has 0 amide bonds. The molecule has 0 radical (unpaired) electrons. The van der Waals surface area contributed by atoms with E-state index in [2.05, 4.69) is 14.9 Å². The van der Waals surface area contributed by atoms with E-state index in [-0.39, 0.29) is 25.4 Å². The summed E-state index contributed by atoms with van der Waals surface area (Å²) in [7, 11) is 0. The molecule has 33 heavy (non-hydrogen) atoms. The maximum Gasteiger partial charge on any atom is 0.225 e. The number of nitrogens with zero attached hydrogens (tertiary/aromatic N) is 3. The third-order valence-electron chi connectivity index (χ3n) is 6.31. The Morgan fingerprint density at radius 1 is 1.15 bits per heavy atom. The number of aliphatic hydroxyl groups excluding tert-OH is 2. The number of ether oxygens (including phenoxy) is 1. The van der Waals surface area contributed by atoms with Crippen molar-refractivity contribution in [3.8, 4) is 5.75 Å². The minimum atomic E-state index is -0.419. The number of rotatable bonds is 11. The molecule has 2 heterocycles. The van der Waals surface area contributed by atoms with Gasteiger partial charge in [0.05, 0.1) is 24.0 Å². The Labute approximate surface area is 200 Å². The van der Waals surface area contributed by atoms with E-state index in [0.717, 1.165) is 61.6 Å². The first-order valence-corrected chi connectivity index (χ1v) is 12.0. The summed E-state index contributed by atoms with van der Waals surface area (Å²) >= 11 is 5.87. The lowest BCUT2D eigenvalue weighted by atomic mass is 9.92. The van der Waals surface area contributed by atoms with Crippen molar-refractivity contribution in [1.82, 2.24) is 9.97 Å². The van der Waals surface area contributed by atoms with Crippen LogP contribution in [0, 0.1) is 25.7 Å². The van der Waals surface area contributed by atoms with Gasteiger partial charge in [-0.2, -0.15) is 0 Å². The van der Waals surface area contributed by atoms with Gasteiger partial charge >= 0.3 is 0 Å². The molecule has 1 saturated heterocycles. The number of carbonyl (C=O) groups is 1. The number of piperidine rings is 1. The Kier molecular flexibility index (Phi) is 9.47. The zero-order valence-corrected chi connectivity index (χ0v) is 20.2. The summed E-state index contributed by atoms with van der Waals surface area (Å²) in [5.74, 6) is 1.72. The predicted molar refractivity (Wildman–Crippen MR) is 129 cm³/mol. The summed E-state index contributed by atoms with van der Waals surface area (Å²) in [6.07, 6.45) is 7.74. The lowest BCUT2D eigenvalue weighted by molar-refractivity contribution is 0.0877. The third-order valence-corrected chi connectivity index (χ3v) is 6.50. The summed E-state index contributed by atoms with van der Waals surface area (Å²) in [6, 6.07) is 3.80. The second-order valence-corrected chi connectivity index (χ2v) is 9.35. The van der Waals surface area contributed by atoms with Crippen LogP contribution >= 0.6 is 11.6 Å². The van der Waals surface area contributed by atoms with Crippen molar-refractivity contribution in [2.45, 2.75) is 46.0 Å². The van der Waals surface area contributed by atoms with Crippen LogP contribution < -0.4 is 9.64 Å². The highest BCUT2D eigenvalue weighted by Crippen LogP contribution is 2.26. The Hall–Kier alpha value is -2.22. The topological polar surface area (TPSA) is 95.8 Å². The molecule has 2 N–H and O–H groups in total. The van der Waals surface area contributed by atoms with Crippen molar-refractivity contribution in [3.63, 3.8) is 0 Å². The average Bonchev–Trinajstić information content (AvgIpc) is 2.81. The molecule has 8 heteroatoms. The van der Waals surface area contributed by atoms with Gasteiger partial charge in [-0.15, -0.1) is 0 Å². The SMILES string of the molecule is Cc1cc(OCCCC2CCN(c3ncc(Cl)cn3)CC2)cc(C)c1C(=O)CC(CO)CO. The van der Waals surface area contributed by atoms with Crippen LogP contribution in [0.4, 0.5) is 5.95 Å². The van der Waals surface area contributed by atoms with Crippen molar-refractivity contribution in [1.29, 1.82) is 0 Å². The van der Waals surface area contributed by atoms with E-state index in [0.29, 0.717) is 23.1 Å². The fourth-order valence-electron chi connectivity index (χ4n) is 4.45. The lowest BCUT2D eigenvalue weighted by Crippen LogP contribution is -2.34. The summed E-state index contributed by atoms with van der Waals surface area (Å²) in [6.45, 7) is 5.95. The summed E-state index contributed by atoms with van der Waals surface area (Å²) < 4.78 is 5.98. The van der Waals surface area contributed by atoms with Gasteiger partial charge in [0.25, 0.3) is 0 Å². The van der Waals surface area contributed by atoms with E-state index in [1.165, 1.54) is 0 Å². The molecule has 1 aromatic carbocycles. The number of ketones is 1. The first kappa shape index (κ1) is 25.4. The maximum absolute atomic E-state index is 12.6. The van der Waals surface area contributed by atoms with Crippen LogP contribution in [0.15, 0.2) is 24.5 Å². The molecule has 0 saturated carbocycles. The summed E-state index contributed by atoms with van der Waals surface area (Å²) in [4.78, 5) is 23.4. The number of hydrogen-bond acceptors (Lipinski definition) is 7. The number of aromatic nitrogens is 2. The molecule has 180 valence electrons. The van der Waals surface area contributed by atoms with E-state index in [9.17, 15) is 15.0 Å². The van der Waals surface area contributed by atoms with Gasteiger partial charge in [-0.05, 0) is 68.7 Å². The number of halogens is 1. The van der Waals surface area contributed by atoms with Crippen LogP contribution in [-0.4, -0.2) is 58.9 Å². The van der Waals surface area contributed by atoms with Gasteiger partial charge in [-0.3, -0.25) is 4.79 Å². The van der Waals surface area contributed by atoms with Crippen LogP contribution in [0.1, 0.15) is 53.6 Å². The minimum Gasteiger partial charge on any atom is -0.494 e. The Bertz CT molecular complexity index is 887. The molecule has 2 aromatic rings. The van der Waals surface area contributed by atoms with E-state index in [1.54, 1.807) is 12.4 Å².